The highest BCUT2D eigenvalue weighted by Gasteiger charge is 2.81. The minimum atomic E-state index is -4.57. The zero-order valence-electron chi connectivity index (χ0n) is 17.6. The van der Waals surface area contributed by atoms with Gasteiger partial charge in [-0.1, -0.05) is 38.1 Å². The molecular weight excluding hydrogens is 430 g/mol. The van der Waals surface area contributed by atoms with E-state index in [2.05, 4.69) is 0 Å². The molecular formula is C23H25F4NO4. The average Bonchev–Trinajstić information content (AvgIpc) is 3.60. The molecule has 2 fully saturated rings. The molecule has 4 rings (SSSR count). The molecule has 2 aliphatic carbocycles. The summed E-state index contributed by atoms with van der Waals surface area (Å²) in [4.78, 5) is 0.435. The van der Waals surface area contributed by atoms with Gasteiger partial charge in [0.15, 0.2) is 0 Å². The minimum absolute atomic E-state index is 0.0854. The highest BCUT2D eigenvalue weighted by atomic mass is 19.4. The number of hydrogen-bond acceptors (Lipinski definition) is 5. The van der Waals surface area contributed by atoms with Crippen LogP contribution in [0.4, 0.5) is 23.2 Å². The molecule has 2 atom stereocenters. The van der Waals surface area contributed by atoms with E-state index in [1.54, 1.807) is 6.92 Å². The second kappa shape index (κ2) is 6.90. The maximum Gasteiger partial charge on any atom is 0.416 e. The van der Waals surface area contributed by atoms with Gasteiger partial charge in [0.05, 0.1) is 17.2 Å². The smallest absolute Gasteiger partial charge is 0.348 e. The zero-order valence-corrected chi connectivity index (χ0v) is 17.6. The molecule has 5 nitrogen and oxygen atoms in total. The van der Waals surface area contributed by atoms with Gasteiger partial charge in [0.2, 0.25) is 0 Å². The van der Waals surface area contributed by atoms with Gasteiger partial charge in [0.25, 0.3) is 11.8 Å². The van der Waals surface area contributed by atoms with Crippen molar-refractivity contribution in [2.24, 2.45) is 10.8 Å². The van der Waals surface area contributed by atoms with Crippen LogP contribution in [-0.4, -0.2) is 32.2 Å². The molecule has 2 saturated carbocycles. The fraction of sp³-hybridized carbons (Fsp3) is 0.478. The van der Waals surface area contributed by atoms with Gasteiger partial charge in [-0.15, -0.1) is 0 Å². The maximum absolute atomic E-state index is 14.8. The normalized spacial score (nSPS) is 23.2. The molecule has 2 unspecified atom stereocenters. The summed E-state index contributed by atoms with van der Waals surface area (Å²) in [6.45, 7) is 2.89. The Balaban J connectivity index is 1.77. The van der Waals surface area contributed by atoms with Crippen LogP contribution in [0, 0.1) is 16.6 Å². The first-order valence-electron chi connectivity index (χ1n) is 10.3. The van der Waals surface area contributed by atoms with Crippen molar-refractivity contribution in [2.45, 2.75) is 57.0 Å². The van der Waals surface area contributed by atoms with E-state index < -0.39 is 46.4 Å². The van der Waals surface area contributed by atoms with Crippen LogP contribution >= 0.6 is 0 Å². The molecule has 0 aliphatic heterocycles. The summed E-state index contributed by atoms with van der Waals surface area (Å²) < 4.78 is 53.5. The lowest BCUT2D eigenvalue weighted by Gasteiger charge is -2.49. The Morgan fingerprint density at radius 3 is 1.97 bits per heavy atom. The molecule has 174 valence electrons. The predicted octanol–water partition coefficient (Wildman–Crippen LogP) is 3.92. The van der Waals surface area contributed by atoms with E-state index in [1.807, 2.05) is 0 Å². The van der Waals surface area contributed by atoms with E-state index in [0.717, 1.165) is 43.2 Å². The van der Waals surface area contributed by atoms with Gasteiger partial charge in [-0.3, -0.25) is 4.90 Å². The molecule has 2 aromatic rings. The first-order valence-corrected chi connectivity index (χ1v) is 10.3. The SMILES string of the molecule is CC(c1ccc(C(F)(F)F)cc1)C(O)(O)N(c1ccccc1F)C(O)(O)C1(C)CC12CC2. The molecule has 0 aromatic heterocycles. The fourth-order valence-corrected chi connectivity index (χ4v) is 4.82. The molecule has 2 aliphatic rings. The second-order valence-corrected chi connectivity index (χ2v) is 9.24. The molecule has 4 N–H and O–H groups in total. The molecule has 2 aromatic carbocycles. The van der Waals surface area contributed by atoms with E-state index in [4.69, 9.17) is 0 Å². The van der Waals surface area contributed by atoms with Crippen LogP contribution in [0.2, 0.25) is 0 Å². The van der Waals surface area contributed by atoms with E-state index in [0.29, 0.717) is 11.3 Å². The molecule has 1 spiro atoms. The highest BCUT2D eigenvalue weighted by Crippen LogP contribution is 2.82. The molecule has 32 heavy (non-hydrogen) atoms. The zero-order chi connectivity index (χ0) is 23.7. The molecule has 0 radical (unpaired) electrons. The van der Waals surface area contributed by atoms with Crippen molar-refractivity contribution in [1.82, 2.24) is 0 Å². The van der Waals surface area contributed by atoms with Crippen molar-refractivity contribution in [1.29, 1.82) is 0 Å². The van der Waals surface area contributed by atoms with E-state index in [-0.39, 0.29) is 11.0 Å². The van der Waals surface area contributed by atoms with Gasteiger partial charge < -0.3 is 20.4 Å². The monoisotopic (exact) mass is 455 g/mol. The third-order valence-corrected chi connectivity index (χ3v) is 7.38. The molecule has 0 heterocycles. The summed E-state index contributed by atoms with van der Waals surface area (Å²) in [5.74, 6) is -8.18. The Morgan fingerprint density at radius 2 is 1.50 bits per heavy atom. The van der Waals surface area contributed by atoms with Crippen LogP contribution in [-0.2, 0) is 6.18 Å². The summed E-state index contributed by atoms with van der Waals surface area (Å²) in [5, 5.41) is 44.9. The number of para-hydroxylation sites is 1. The Hall–Kier alpha value is -2.20. The summed E-state index contributed by atoms with van der Waals surface area (Å²) in [5.41, 5.74) is -2.81. The number of benzene rings is 2. The van der Waals surface area contributed by atoms with Crippen molar-refractivity contribution >= 4 is 5.69 Å². The quantitative estimate of drug-likeness (QED) is 0.392. The lowest BCUT2D eigenvalue weighted by Crippen LogP contribution is -2.67. The fourth-order valence-electron chi connectivity index (χ4n) is 4.82. The number of aliphatic hydroxyl groups is 4. The third-order valence-electron chi connectivity index (χ3n) is 7.38. The van der Waals surface area contributed by atoms with Gasteiger partial charge >= 0.3 is 6.18 Å². The highest BCUT2D eigenvalue weighted by molar-refractivity contribution is 5.53. The topological polar surface area (TPSA) is 84.2 Å². The lowest BCUT2D eigenvalue weighted by molar-refractivity contribution is -0.284. The summed E-state index contributed by atoms with van der Waals surface area (Å²) >= 11 is 0. The molecule has 0 saturated heterocycles. The van der Waals surface area contributed by atoms with Crippen LogP contribution in [0.1, 0.15) is 50.2 Å². The largest absolute Gasteiger partial charge is 0.416 e. The Morgan fingerprint density at radius 1 is 0.938 bits per heavy atom. The first-order chi connectivity index (χ1) is 14.7. The van der Waals surface area contributed by atoms with Crippen molar-refractivity contribution in [3.63, 3.8) is 0 Å². The Labute approximate surface area is 182 Å². The lowest BCUT2D eigenvalue weighted by atomic mass is 9.91. The van der Waals surface area contributed by atoms with E-state index in [9.17, 15) is 38.0 Å². The van der Waals surface area contributed by atoms with Gasteiger partial charge in [-0.25, -0.2) is 4.39 Å². The van der Waals surface area contributed by atoms with Crippen LogP contribution in [0.15, 0.2) is 48.5 Å². The second-order valence-electron chi connectivity index (χ2n) is 9.24. The van der Waals surface area contributed by atoms with Crippen LogP contribution in [0.3, 0.4) is 0 Å². The molecule has 9 heteroatoms. The minimum Gasteiger partial charge on any atom is -0.348 e. The number of hydrogen-bond donors (Lipinski definition) is 4. The average molecular weight is 455 g/mol. The number of anilines is 1. The van der Waals surface area contributed by atoms with E-state index in [1.165, 1.54) is 25.1 Å². The number of alkyl halides is 3. The van der Waals surface area contributed by atoms with Crippen LogP contribution in [0.25, 0.3) is 0 Å². The standard InChI is InChI=1S/C23H25F4NO4/c1-14(15-7-9-16(10-8-15)21(25,26)27)22(29,30)28(18-6-4-3-5-17(18)24)23(31,32)19(2)13-20(19)11-12-20/h3-10,14,29-32H,11-13H2,1-2H3. The van der Waals surface area contributed by atoms with Crippen molar-refractivity contribution < 1.29 is 38.0 Å². The number of nitrogens with zero attached hydrogens (tertiary/aromatic N) is 1. The number of halogens is 4. The number of rotatable bonds is 6. The van der Waals surface area contributed by atoms with Gasteiger partial charge in [0.1, 0.15) is 5.82 Å². The first kappa shape index (κ1) is 23.0. The molecule has 0 amide bonds. The van der Waals surface area contributed by atoms with Crippen LogP contribution < -0.4 is 4.90 Å². The summed E-state index contributed by atoms with van der Waals surface area (Å²) in [6, 6.07) is 8.73. The Bertz CT molecular complexity index is 1020. The molecule has 0 bridgehead atoms. The summed E-state index contributed by atoms with van der Waals surface area (Å²) in [7, 11) is 0. The maximum atomic E-state index is 14.8. The van der Waals surface area contributed by atoms with Crippen molar-refractivity contribution in [3.8, 4) is 0 Å². The Kier molecular flexibility index (Phi) is 4.95. The predicted molar refractivity (Wildman–Crippen MR) is 107 cm³/mol. The van der Waals surface area contributed by atoms with Gasteiger partial charge in [0, 0.05) is 5.41 Å². The van der Waals surface area contributed by atoms with Crippen molar-refractivity contribution in [2.75, 3.05) is 4.90 Å². The summed E-state index contributed by atoms with van der Waals surface area (Å²) in [6.07, 6.45) is -2.70. The third kappa shape index (κ3) is 3.30. The van der Waals surface area contributed by atoms with Gasteiger partial charge in [-0.2, -0.15) is 13.2 Å². The van der Waals surface area contributed by atoms with Gasteiger partial charge in [-0.05, 0) is 54.5 Å². The van der Waals surface area contributed by atoms with Crippen LogP contribution in [0.5, 0.6) is 0 Å². The van der Waals surface area contributed by atoms with Crippen molar-refractivity contribution in [3.05, 3.63) is 65.5 Å². The van der Waals surface area contributed by atoms with E-state index >= 15 is 0 Å².